The SMILES string of the molecule is O=S(=O)(O)C[N]O. The van der Waals surface area contributed by atoms with Gasteiger partial charge in [-0.25, -0.2) is 0 Å². The maximum absolute atomic E-state index is 9.53. The molecule has 2 N–H and O–H groups in total. The van der Waals surface area contributed by atoms with Crippen molar-refractivity contribution in [2.45, 2.75) is 0 Å². The van der Waals surface area contributed by atoms with Gasteiger partial charge in [0.05, 0.1) is 0 Å². The summed E-state index contributed by atoms with van der Waals surface area (Å²) in [6.07, 6.45) is 0. The molecule has 0 aromatic heterocycles. The molecule has 0 bridgehead atoms. The quantitative estimate of drug-likeness (QED) is 0.360. The van der Waals surface area contributed by atoms with Gasteiger partial charge in [-0.15, -0.1) is 0 Å². The number of hydroxylamine groups is 1. The summed E-state index contributed by atoms with van der Waals surface area (Å²) in [5, 5.41) is 7.49. The first-order valence-corrected chi connectivity index (χ1v) is 2.93. The van der Waals surface area contributed by atoms with Crippen LogP contribution in [0.15, 0.2) is 0 Å². The second kappa shape index (κ2) is 2.22. The second-order valence-electron chi connectivity index (χ2n) is 0.852. The van der Waals surface area contributed by atoms with Crippen molar-refractivity contribution in [1.29, 1.82) is 0 Å². The highest BCUT2D eigenvalue weighted by Gasteiger charge is 2.00. The van der Waals surface area contributed by atoms with Crippen molar-refractivity contribution in [3.8, 4) is 0 Å². The van der Waals surface area contributed by atoms with Crippen LogP contribution in [0.2, 0.25) is 0 Å². The zero-order valence-electron chi connectivity index (χ0n) is 3.27. The fraction of sp³-hybridized carbons (Fsp3) is 1.00. The minimum absolute atomic E-state index is 0.951. The lowest BCUT2D eigenvalue weighted by Crippen LogP contribution is -2.12. The topological polar surface area (TPSA) is 88.7 Å². The Morgan fingerprint density at radius 1 is 1.57 bits per heavy atom. The van der Waals surface area contributed by atoms with Crippen LogP contribution < -0.4 is 5.48 Å². The fourth-order valence-corrected chi connectivity index (χ4v) is 0.219. The van der Waals surface area contributed by atoms with Crippen molar-refractivity contribution in [3.63, 3.8) is 0 Å². The third kappa shape index (κ3) is 5.83. The molecule has 0 aromatic rings. The summed E-state index contributed by atoms with van der Waals surface area (Å²) in [5.41, 5.74) is 2.17. The standard InChI is InChI=1S/CH4NO4S/c3-2-1-7(4,5)6/h3H,1H2,(H,4,5,6). The number of rotatable bonds is 2. The molecule has 0 rings (SSSR count). The van der Waals surface area contributed by atoms with Gasteiger partial charge in [-0.2, -0.15) is 8.42 Å². The highest BCUT2D eigenvalue weighted by atomic mass is 32.2. The summed E-state index contributed by atoms with van der Waals surface area (Å²) in [6, 6.07) is 0. The van der Waals surface area contributed by atoms with E-state index < -0.39 is 16.0 Å². The summed E-state index contributed by atoms with van der Waals surface area (Å²) in [5.74, 6) is -0.951. The maximum Gasteiger partial charge on any atom is 0.282 e. The van der Waals surface area contributed by atoms with Crippen molar-refractivity contribution in [2.24, 2.45) is 0 Å². The molecule has 0 aliphatic rings. The van der Waals surface area contributed by atoms with Crippen LogP contribution in [-0.2, 0) is 10.1 Å². The summed E-state index contributed by atoms with van der Waals surface area (Å²) in [6.45, 7) is 0. The van der Waals surface area contributed by atoms with Crippen molar-refractivity contribution >= 4 is 10.1 Å². The molecule has 0 aromatic carbocycles. The highest BCUT2D eigenvalue weighted by Crippen LogP contribution is 1.73. The van der Waals surface area contributed by atoms with Gasteiger partial charge in [0.15, 0.2) is 5.88 Å². The first-order chi connectivity index (χ1) is 3.06. The third-order valence-electron chi connectivity index (χ3n) is 0.221. The Kier molecular flexibility index (Phi) is 2.16. The number of hydrogen-bond acceptors (Lipinski definition) is 3. The van der Waals surface area contributed by atoms with Gasteiger partial charge in [0.25, 0.3) is 10.1 Å². The summed E-state index contributed by atoms with van der Waals surface area (Å²) in [4.78, 5) is 0. The molecular weight excluding hydrogens is 122 g/mol. The lowest BCUT2D eigenvalue weighted by atomic mass is 11.5. The minimum atomic E-state index is -4.09. The second-order valence-corrected chi connectivity index (χ2v) is 2.27. The number of hydrogen-bond donors (Lipinski definition) is 2. The molecule has 0 heterocycles. The average molecular weight is 126 g/mol. The van der Waals surface area contributed by atoms with E-state index in [9.17, 15) is 8.42 Å². The Hall–Kier alpha value is -0.170. The molecule has 0 unspecified atom stereocenters. The van der Waals surface area contributed by atoms with E-state index in [0.717, 1.165) is 0 Å². The van der Waals surface area contributed by atoms with Crippen LogP contribution in [0, 0.1) is 0 Å². The predicted molar refractivity (Wildman–Crippen MR) is 20.3 cm³/mol. The predicted octanol–water partition coefficient (Wildman–Crippen LogP) is -1.17. The van der Waals surface area contributed by atoms with Gasteiger partial charge in [0, 0.05) is 0 Å². The molecule has 5 nitrogen and oxygen atoms in total. The van der Waals surface area contributed by atoms with Crippen molar-refractivity contribution in [2.75, 3.05) is 5.88 Å². The van der Waals surface area contributed by atoms with Crippen LogP contribution in [0.4, 0.5) is 0 Å². The van der Waals surface area contributed by atoms with Gasteiger partial charge in [-0.05, 0) is 0 Å². The van der Waals surface area contributed by atoms with Crippen molar-refractivity contribution in [3.05, 3.63) is 0 Å². The molecule has 0 aliphatic carbocycles. The van der Waals surface area contributed by atoms with Crippen LogP contribution in [0.3, 0.4) is 0 Å². The van der Waals surface area contributed by atoms with E-state index in [1.54, 1.807) is 0 Å². The van der Waals surface area contributed by atoms with Crippen LogP contribution in [-0.4, -0.2) is 24.1 Å². The largest absolute Gasteiger partial charge is 0.296 e. The van der Waals surface area contributed by atoms with Crippen LogP contribution in [0.1, 0.15) is 0 Å². The molecule has 0 atom stereocenters. The smallest absolute Gasteiger partial charge is 0.282 e. The molecule has 6 heteroatoms. The lowest BCUT2D eigenvalue weighted by Gasteiger charge is -1.85. The van der Waals surface area contributed by atoms with E-state index in [0.29, 0.717) is 0 Å². The third-order valence-corrected chi connectivity index (χ3v) is 0.663. The van der Waals surface area contributed by atoms with E-state index >= 15 is 0 Å². The first-order valence-electron chi connectivity index (χ1n) is 1.32. The molecule has 0 fully saturated rings. The Balaban J connectivity index is 3.60. The van der Waals surface area contributed by atoms with E-state index in [4.69, 9.17) is 9.76 Å². The van der Waals surface area contributed by atoms with Crippen LogP contribution in [0.5, 0.6) is 0 Å². The Labute approximate surface area is 40.7 Å². The van der Waals surface area contributed by atoms with Gasteiger partial charge < -0.3 is 0 Å². The summed E-state index contributed by atoms with van der Waals surface area (Å²) < 4.78 is 26.8. The van der Waals surface area contributed by atoms with E-state index in [1.165, 1.54) is 0 Å². The maximum atomic E-state index is 9.53. The Morgan fingerprint density at radius 3 is 2.00 bits per heavy atom. The molecule has 0 spiro atoms. The molecule has 0 saturated carbocycles. The average Bonchev–Trinajstić information content (AvgIpc) is 1.30. The molecule has 1 radical (unpaired) electrons. The van der Waals surface area contributed by atoms with Crippen molar-refractivity contribution < 1.29 is 18.2 Å². The van der Waals surface area contributed by atoms with Gasteiger partial charge in [-0.1, -0.05) is 5.48 Å². The zero-order valence-corrected chi connectivity index (χ0v) is 4.09. The molecule has 0 amide bonds. The Bertz CT molecular complexity index is 125. The van der Waals surface area contributed by atoms with Gasteiger partial charge >= 0.3 is 0 Å². The van der Waals surface area contributed by atoms with Gasteiger partial charge in [0.2, 0.25) is 0 Å². The van der Waals surface area contributed by atoms with E-state index in [2.05, 4.69) is 5.48 Å². The highest BCUT2D eigenvalue weighted by molar-refractivity contribution is 7.85. The summed E-state index contributed by atoms with van der Waals surface area (Å²) in [7, 11) is -4.09. The zero-order chi connectivity index (χ0) is 5.91. The number of nitrogens with zero attached hydrogens (tertiary/aromatic N) is 1. The minimum Gasteiger partial charge on any atom is -0.296 e. The van der Waals surface area contributed by atoms with E-state index in [-0.39, 0.29) is 0 Å². The van der Waals surface area contributed by atoms with Crippen molar-refractivity contribution in [1.82, 2.24) is 5.48 Å². The van der Waals surface area contributed by atoms with Gasteiger partial charge in [-0.3, -0.25) is 9.76 Å². The monoisotopic (exact) mass is 126 g/mol. The molecule has 0 aliphatic heterocycles. The molecule has 0 saturated heterocycles. The van der Waals surface area contributed by atoms with E-state index in [1.807, 2.05) is 0 Å². The summed E-state index contributed by atoms with van der Waals surface area (Å²) >= 11 is 0. The Morgan fingerprint density at radius 2 is 2.00 bits per heavy atom. The van der Waals surface area contributed by atoms with Gasteiger partial charge in [0.1, 0.15) is 0 Å². The van der Waals surface area contributed by atoms with Crippen LogP contribution >= 0.6 is 0 Å². The molecule has 7 heavy (non-hydrogen) atoms. The normalized spacial score (nSPS) is 11.7. The van der Waals surface area contributed by atoms with Crippen LogP contribution in [0.25, 0.3) is 0 Å². The lowest BCUT2D eigenvalue weighted by molar-refractivity contribution is 0.172. The first kappa shape index (κ1) is 6.83. The fourth-order valence-electron chi connectivity index (χ4n) is 0.0730. The molecule has 43 valence electrons. The molecular formula is CH4NO4S.